The summed E-state index contributed by atoms with van der Waals surface area (Å²) in [6.45, 7) is 2.61. The van der Waals surface area contributed by atoms with E-state index in [0.29, 0.717) is 28.7 Å². The third kappa shape index (κ3) is 3.29. The van der Waals surface area contributed by atoms with Gasteiger partial charge in [0.15, 0.2) is 11.5 Å². The number of rotatable bonds is 5. The zero-order valence-corrected chi connectivity index (χ0v) is 13.4. The molecule has 0 aliphatic heterocycles. The molecule has 0 unspecified atom stereocenters. The molecule has 2 aromatic heterocycles. The molecular weight excluding hydrogens is 314 g/mol. The van der Waals surface area contributed by atoms with Crippen LogP contribution in [-0.2, 0) is 0 Å². The lowest BCUT2D eigenvalue weighted by atomic mass is 10.2. The number of benzene rings is 1. The molecular formula is C17H16ClN3O2. The molecule has 0 atom stereocenters. The Hall–Kier alpha value is -2.53. The Morgan fingerprint density at radius 2 is 2.09 bits per heavy atom. The number of hydrogen-bond acceptors (Lipinski definition) is 3. The van der Waals surface area contributed by atoms with Crippen molar-refractivity contribution in [3.63, 3.8) is 0 Å². The van der Waals surface area contributed by atoms with Crippen molar-refractivity contribution in [2.45, 2.75) is 13.3 Å². The van der Waals surface area contributed by atoms with Gasteiger partial charge in [-0.3, -0.25) is 4.79 Å². The number of furan rings is 1. The lowest BCUT2D eigenvalue weighted by Crippen LogP contribution is -2.24. The van der Waals surface area contributed by atoms with Crippen LogP contribution in [0.4, 0.5) is 0 Å². The van der Waals surface area contributed by atoms with Crippen LogP contribution in [-0.4, -0.2) is 22.2 Å². The Morgan fingerprint density at radius 1 is 1.30 bits per heavy atom. The smallest absolute Gasteiger partial charge is 0.271 e. The summed E-state index contributed by atoms with van der Waals surface area (Å²) >= 11 is 5.94. The molecule has 1 amide bonds. The van der Waals surface area contributed by atoms with Crippen LogP contribution in [0.25, 0.3) is 17.1 Å². The summed E-state index contributed by atoms with van der Waals surface area (Å²) in [6.07, 6.45) is 2.46. The van der Waals surface area contributed by atoms with Gasteiger partial charge in [-0.1, -0.05) is 18.5 Å². The number of nitrogens with zero attached hydrogens (tertiary/aromatic N) is 2. The molecule has 1 aromatic carbocycles. The van der Waals surface area contributed by atoms with Crippen molar-refractivity contribution in [2.24, 2.45) is 0 Å². The minimum absolute atomic E-state index is 0.202. The first kappa shape index (κ1) is 15.4. The Labute approximate surface area is 138 Å². The molecule has 6 heteroatoms. The molecule has 0 fully saturated rings. The molecule has 0 saturated heterocycles. The monoisotopic (exact) mass is 329 g/mol. The Balaban J connectivity index is 2.04. The van der Waals surface area contributed by atoms with E-state index < -0.39 is 0 Å². The van der Waals surface area contributed by atoms with Crippen LogP contribution in [0, 0.1) is 0 Å². The predicted molar refractivity (Wildman–Crippen MR) is 88.9 cm³/mol. The summed E-state index contributed by atoms with van der Waals surface area (Å²) < 4.78 is 7.14. The summed E-state index contributed by atoms with van der Waals surface area (Å²) in [5.41, 5.74) is 1.86. The van der Waals surface area contributed by atoms with E-state index in [9.17, 15) is 4.79 Å². The zero-order valence-electron chi connectivity index (χ0n) is 12.6. The predicted octanol–water partition coefficient (Wildman–Crippen LogP) is 3.93. The Morgan fingerprint density at radius 3 is 2.74 bits per heavy atom. The molecule has 23 heavy (non-hydrogen) atoms. The van der Waals surface area contributed by atoms with E-state index in [-0.39, 0.29) is 5.91 Å². The molecule has 3 aromatic rings. The van der Waals surface area contributed by atoms with Crippen LogP contribution in [0.5, 0.6) is 0 Å². The molecule has 1 N–H and O–H groups in total. The minimum Gasteiger partial charge on any atom is -0.463 e. The van der Waals surface area contributed by atoms with Crippen molar-refractivity contribution in [1.82, 2.24) is 15.1 Å². The van der Waals surface area contributed by atoms with Gasteiger partial charge in [0.2, 0.25) is 0 Å². The summed E-state index contributed by atoms with van der Waals surface area (Å²) in [4.78, 5) is 12.2. The fourth-order valence-corrected chi connectivity index (χ4v) is 2.33. The Bertz CT molecular complexity index is 792. The van der Waals surface area contributed by atoms with Crippen molar-refractivity contribution in [2.75, 3.05) is 6.54 Å². The third-order valence-electron chi connectivity index (χ3n) is 3.32. The molecule has 0 spiro atoms. The van der Waals surface area contributed by atoms with Crippen LogP contribution in [0.1, 0.15) is 23.8 Å². The van der Waals surface area contributed by atoms with Crippen LogP contribution in [0.15, 0.2) is 53.1 Å². The van der Waals surface area contributed by atoms with Gasteiger partial charge in [0.25, 0.3) is 5.91 Å². The lowest BCUT2D eigenvalue weighted by Gasteiger charge is -2.05. The van der Waals surface area contributed by atoms with E-state index in [2.05, 4.69) is 10.4 Å². The first-order valence-corrected chi connectivity index (χ1v) is 7.75. The van der Waals surface area contributed by atoms with Crippen LogP contribution in [0.2, 0.25) is 5.02 Å². The number of carbonyl (C=O) groups is 1. The minimum atomic E-state index is -0.202. The lowest BCUT2D eigenvalue weighted by molar-refractivity contribution is 0.0948. The van der Waals surface area contributed by atoms with Crippen molar-refractivity contribution in [3.8, 4) is 17.1 Å². The largest absolute Gasteiger partial charge is 0.463 e. The molecule has 0 radical (unpaired) electrons. The maximum atomic E-state index is 12.2. The van der Waals surface area contributed by atoms with Gasteiger partial charge in [0.05, 0.1) is 12.0 Å². The zero-order chi connectivity index (χ0) is 16.2. The number of halogens is 1. The van der Waals surface area contributed by atoms with E-state index in [1.807, 2.05) is 25.1 Å². The van der Waals surface area contributed by atoms with E-state index >= 15 is 0 Å². The number of aromatic nitrogens is 2. The highest BCUT2D eigenvalue weighted by atomic mass is 35.5. The van der Waals surface area contributed by atoms with Gasteiger partial charge in [-0.15, -0.1) is 0 Å². The summed E-state index contributed by atoms with van der Waals surface area (Å²) in [5, 5.41) is 7.89. The molecule has 2 heterocycles. The van der Waals surface area contributed by atoms with Gasteiger partial charge in [-0.25, -0.2) is 4.68 Å². The average Bonchev–Trinajstić information content (AvgIpc) is 3.22. The topological polar surface area (TPSA) is 60.1 Å². The van der Waals surface area contributed by atoms with E-state index in [1.165, 1.54) is 0 Å². The maximum absolute atomic E-state index is 12.2. The normalized spacial score (nSPS) is 10.7. The highest BCUT2D eigenvalue weighted by molar-refractivity contribution is 6.30. The molecule has 118 valence electrons. The Kier molecular flexibility index (Phi) is 4.48. The second-order valence-corrected chi connectivity index (χ2v) is 5.47. The van der Waals surface area contributed by atoms with Gasteiger partial charge in [0, 0.05) is 17.6 Å². The second-order valence-electron chi connectivity index (χ2n) is 5.04. The standard InChI is InChI=1S/C17H16ClN3O2/c1-2-9-19-17(22)14-11-15(16-4-3-10-23-16)21(20-14)13-7-5-12(18)6-8-13/h3-8,10-11H,2,9H2,1H3,(H,19,22). The molecule has 3 rings (SSSR count). The van der Waals surface area contributed by atoms with Gasteiger partial charge in [-0.2, -0.15) is 5.10 Å². The van der Waals surface area contributed by atoms with Crippen LogP contribution < -0.4 is 5.32 Å². The van der Waals surface area contributed by atoms with Crippen molar-refractivity contribution >= 4 is 17.5 Å². The first-order valence-electron chi connectivity index (χ1n) is 7.37. The highest BCUT2D eigenvalue weighted by Crippen LogP contribution is 2.25. The number of hydrogen-bond donors (Lipinski definition) is 1. The maximum Gasteiger partial charge on any atom is 0.271 e. The fourth-order valence-electron chi connectivity index (χ4n) is 2.20. The fraction of sp³-hybridized carbons (Fsp3) is 0.176. The molecule has 0 aliphatic rings. The van der Waals surface area contributed by atoms with Crippen molar-refractivity contribution < 1.29 is 9.21 Å². The molecule has 0 aliphatic carbocycles. The van der Waals surface area contributed by atoms with Crippen molar-refractivity contribution in [1.29, 1.82) is 0 Å². The van der Waals surface area contributed by atoms with E-state index in [4.69, 9.17) is 16.0 Å². The van der Waals surface area contributed by atoms with Gasteiger partial charge < -0.3 is 9.73 Å². The van der Waals surface area contributed by atoms with Gasteiger partial charge >= 0.3 is 0 Å². The SMILES string of the molecule is CCCNC(=O)c1cc(-c2ccco2)n(-c2ccc(Cl)cc2)n1. The van der Waals surface area contributed by atoms with Gasteiger partial charge in [0.1, 0.15) is 5.69 Å². The van der Waals surface area contributed by atoms with E-state index in [0.717, 1.165) is 12.1 Å². The highest BCUT2D eigenvalue weighted by Gasteiger charge is 2.17. The third-order valence-corrected chi connectivity index (χ3v) is 3.57. The van der Waals surface area contributed by atoms with Gasteiger partial charge in [-0.05, 0) is 42.8 Å². The molecule has 0 bridgehead atoms. The number of nitrogens with one attached hydrogen (secondary N) is 1. The summed E-state index contributed by atoms with van der Waals surface area (Å²) in [5.74, 6) is 0.439. The summed E-state index contributed by atoms with van der Waals surface area (Å²) in [6, 6.07) is 12.6. The van der Waals surface area contributed by atoms with Crippen LogP contribution >= 0.6 is 11.6 Å². The second kappa shape index (κ2) is 6.71. The number of amides is 1. The van der Waals surface area contributed by atoms with Crippen molar-refractivity contribution in [3.05, 3.63) is 59.4 Å². The molecule has 5 nitrogen and oxygen atoms in total. The molecule has 0 saturated carbocycles. The first-order chi connectivity index (χ1) is 11.2. The number of carbonyl (C=O) groups excluding carboxylic acids is 1. The summed E-state index contributed by atoms with van der Waals surface area (Å²) in [7, 11) is 0. The van der Waals surface area contributed by atoms with E-state index in [1.54, 1.807) is 35.2 Å². The van der Waals surface area contributed by atoms with Crippen LogP contribution in [0.3, 0.4) is 0 Å². The quantitative estimate of drug-likeness (QED) is 0.771. The average molecular weight is 330 g/mol.